The van der Waals surface area contributed by atoms with E-state index in [-0.39, 0.29) is 24.3 Å². The molecule has 1 spiro atoms. The van der Waals surface area contributed by atoms with Gasteiger partial charge in [0, 0.05) is 23.8 Å². The maximum Gasteiger partial charge on any atom is 0.201 e. The molecule has 0 N–H and O–H groups in total. The van der Waals surface area contributed by atoms with Gasteiger partial charge >= 0.3 is 0 Å². The Morgan fingerprint density at radius 3 is 2.75 bits per heavy atom. The molecule has 0 radical (unpaired) electrons. The average Bonchev–Trinajstić information content (AvgIpc) is 2.91. The van der Waals surface area contributed by atoms with E-state index in [1.807, 2.05) is 13.0 Å². The van der Waals surface area contributed by atoms with E-state index >= 15 is 0 Å². The van der Waals surface area contributed by atoms with Gasteiger partial charge in [0.25, 0.3) is 0 Å². The van der Waals surface area contributed by atoms with Crippen LogP contribution in [0.5, 0.6) is 0 Å². The molecule has 0 amide bonds. The molecule has 8 atom stereocenters. The first-order valence-electron chi connectivity index (χ1n) is 10.5. The Balaban J connectivity index is 1.42. The van der Waals surface area contributed by atoms with E-state index in [0.29, 0.717) is 17.4 Å². The Hall–Kier alpha value is -1.05. The van der Waals surface area contributed by atoms with Crippen LogP contribution < -0.4 is 0 Å². The summed E-state index contributed by atoms with van der Waals surface area (Å²) in [4.78, 5) is 11.9. The molecule has 6 heteroatoms. The highest BCUT2D eigenvalue weighted by molar-refractivity contribution is 5.16. The number of rotatable bonds is 3. The summed E-state index contributed by atoms with van der Waals surface area (Å²) in [6.45, 7) is 6.51. The molecule has 0 aromatic heterocycles. The van der Waals surface area contributed by atoms with Crippen molar-refractivity contribution in [2.75, 3.05) is 0 Å². The lowest BCUT2D eigenvalue weighted by Crippen LogP contribution is -2.70. The molecule has 1 aromatic carbocycles. The van der Waals surface area contributed by atoms with Crippen LogP contribution in [0.2, 0.25) is 0 Å². The lowest BCUT2D eigenvalue weighted by atomic mass is 9.58. The van der Waals surface area contributed by atoms with Gasteiger partial charge in [-0.1, -0.05) is 32.0 Å². The molecule has 4 aliphatic heterocycles. The summed E-state index contributed by atoms with van der Waals surface area (Å²) in [5, 5.41) is 0. The number of ether oxygens (including phenoxy) is 3. The quantitative estimate of drug-likeness (QED) is 0.706. The van der Waals surface area contributed by atoms with Crippen LogP contribution in [-0.2, 0) is 30.6 Å². The Bertz CT molecular complexity index is 743. The van der Waals surface area contributed by atoms with E-state index in [9.17, 15) is 4.39 Å². The van der Waals surface area contributed by atoms with Crippen LogP contribution in [0.3, 0.4) is 0 Å². The smallest absolute Gasteiger partial charge is 0.201 e. The monoisotopic (exact) mass is 392 g/mol. The summed E-state index contributed by atoms with van der Waals surface area (Å²) in [5.41, 5.74) is -0.0612. The lowest BCUT2D eigenvalue weighted by molar-refractivity contribution is -0.577. The predicted molar refractivity (Wildman–Crippen MR) is 98.0 cm³/mol. The van der Waals surface area contributed by atoms with Crippen LogP contribution in [-0.4, -0.2) is 24.0 Å². The topological polar surface area (TPSA) is 46.2 Å². The van der Waals surface area contributed by atoms with Gasteiger partial charge < -0.3 is 14.2 Å². The van der Waals surface area contributed by atoms with Crippen molar-refractivity contribution in [2.24, 2.45) is 23.7 Å². The van der Waals surface area contributed by atoms with Crippen molar-refractivity contribution in [1.29, 1.82) is 0 Å². The molecular weight excluding hydrogens is 363 g/mol. The van der Waals surface area contributed by atoms with Crippen molar-refractivity contribution in [3.8, 4) is 0 Å². The summed E-state index contributed by atoms with van der Waals surface area (Å²) < 4.78 is 32.7. The molecule has 5 aliphatic rings. The lowest BCUT2D eigenvalue weighted by Gasteiger charge is -2.60. The van der Waals surface area contributed by atoms with Gasteiger partial charge in [-0.25, -0.2) is 14.2 Å². The van der Waals surface area contributed by atoms with Crippen LogP contribution in [0.15, 0.2) is 24.3 Å². The van der Waals surface area contributed by atoms with Crippen molar-refractivity contribution in [2.45, 2.75) is 77.0 Å². The summed E-state index contributed by atoms with van der Waals surface area (Å²) >= 11 is 0. The highest BCUT2D eigenvalue weighted by Gasteiger charge is 2.69. The van der Waals surface area contributed by atoms with Crippen molar-refractivity contribution in [3.63, 3.8) is 0 Å². The van der Waals surface area contributed by atoms with Crippen LogP contribution in [0.25, 0.3) is 0 Å². The summed E-state index contributed by atoms with van der Waals surface area (Å²) in [5.74, 6) is 0.0961. The van der Waals surface area contributed by atoms with Gasteiger partial charge in [-0.3, -0.25) is 0 Å². The second-order valence-corrected chi connectivity index (χ2v) is 9.18. The van der Waals surface area contributed by atoms with Crippen molar-refractivity contribution >= 4 is 0 Å². The third-order valence-electron chi connectivity index (χ3n) is 7.46. The van der Waals surface area contributed by atoms with E-state index in [2.05, 4.69) is 13.8 Å². The third-order valence-corrected chi connectivity index (χ3v) is 7.46. The fourth-order valence-corrected chi connectivity index (χ4v) is 5.85. The van der Waals surface area contributed by atoms with Crippen molar-refractivity contribution in [1.82, 2.24) is 0 Å². The number of benzene rings is 1. The molecule has 6 rings (SSSR count). The Morgan fingerprint density at radius 2 is 1.93 bits per heavy atom. The van der Waals surface area contributed by atoms with Gasteiger partial charge in [0.05, 0.1) is 6.61 Å². The largest absolute Gasteiger partial charge is 0.347 e. The third kappa shape index (κ3) is 2.76. The van der Waals surface area contributed by atoms with Gasteiger partial charge in [-0.2, -0.15) is 0 Å². The van der Waals surface area contributed by atoms with E-state index in [1.54, 1.807) is 12.1 Å². The van der Waals surface area contributed by atoms with Gasteiger partial charge in [-0.05, 0) is 44.1 Å². The minimum absolute atomic E-state index is 0.0904. The van der Waals surface area contributed by atoms with E-state index in [0.717, 1.165) is 25.7 Å². The van der Waals surface area contributed by atoms with Crippen LogP contribution >= 0.6 is 0 Å². The zero-order valence-corrected chi connectivity index (χ0v) is 16.7. The molecule has 5 nitrogen and oxygen atoms in total. The van der Waals surface area contributed by atoms with Crippen LogP contribution in [0.1, 0.15) is 52.0 Å². The second-order valence-electron chi connectivity index (χ2n) is 9.18. The standard InChI is InChI=1S/C22H29FO5/c1-13-8-9-17-14(2)19(24-12-15-6-4-5-7-18(15)23)25-20-22(17)16(13)10-11-21(3,26-20)27-28-22/h4-7,13-14,16-17,19-20H,8-12H2,1-3H3/t13?,14-,16?,17?,19?,20?,21?,22-/m1/s1. The molecule has 6 unspecified atom stereocenters. The SMILES string of the molecule is CC1CCC2[C@@H](C)C(OCc3ccccc3F)OC3OC4(C)CCC1[C@]32OO4. The fraction of sp³-hybridized carbons (Fsp3) is 0.727. The second kappa shape index (κ2) is 6.74. The maximum absolute atomic E-state index is 14.0. The first-order valence-corrected chi connectivity index (χ1v) is 10.5. The molecule has 1 aromatic rings. The number of fused-ring (bicyclic) bond motifs is 2. The maximum atomic E-state index is 14.0. The molecule has 1 saturated carbocycles. The molecule has 2 bridgehead atoms. The van der Waals surface area contributed by atoms with E-state index in [1.165, 1.54) is 6.07 Å². The summed E-state index contributed by atoms with van der Waals surface area (Å²) in [7, 11) is 0. The fourth-order valence-electron chi connectivity index (χ4n) is 5.85. The van der Waals surface area contributed by atoms with Crippen molar-refractivity contribution < 1.29 is 28.4 Å². The van der Waals surface area contributed by atoms with Crippen LogP contribution in [0.4, 0.5) is 4.39 Å². The summed E-state index contributed by atoms with van der Waals surface area (Å²) in [6, 6.07) is 6.68. The van der Waals surface area contributed by atoms with E-state index in [4.69, 9.17) is 24.0 Å². The van der Waals surface area contributed by atoms with Gasteiger partial charge in [0.1, 0.15) is 5.82 Å². The first kappa shape index (κ1) is 18.9. The Kier molecular flexibility index (Phi) is 4.56. The van der Waals surface area contributed by atoms with Gasteiger partial charge in [0.2, 0.25) is 5.79 Å². The molecule has 5 fully saturated rings. The highest BCUT2D eigenvalue weighted by atomic mass is 19.1. The molecule has 4 heterocycles. The zero-order valence-electron chi connectivity index (χ0n) is 16.7. The molecule has 4 saturated heterocycles. The predicted octanol–water partition coefficient (Wildman–Crippen LogP) is 4.55. The molecular formula is C22H29FO5. The normalized spacial score (nSPS) is 47.4. The summed E-state index contributed by atoms with van der Waals surface area (Å²) in [6.07, 6.45) is 2.94. The van der Waals surface area contributed by atoms with Crippen LogP contribution in [0, 0.1) is 29.5 Å². The van der Waals surface area contributed by atoms with Gasteiger partial charge in [0.15, 0.2) is 18.2 Å². The minimum Gasteiger partial charge on any atom is -0.347 e. The molecule has 28 heavy (non-hydrogen) atoms. The molecule has 154 valence electrons. The number of hydrogen-bond donors (Lipinski definition) is 0. The number of hydrogen-bond acceptors (Lipinski definition) is 5. The van der Waals surface area contributed by atoms with Gasteiger partial charge in [-0.15, -0.1) is 0 Å². The highest BCUT2D eigenvalue weighted by Crippen LogP contribution is 2.60. The Labute approximate surface area is 165 Å². The molecule has 1 aliphatic carbocycles. The average molecular weight is 392 g/mol. The first-order chi connectivity index (χ1) is 13.4. The Morgan fingerprint density at radius 1 is 1.11 bits per heavy atom. The minimum atomic E-state index is -0.797. The van der Waals surface area contributed by atoms with E-state index < -0.39 is 24.0 Å². The number of halogens is 1. The zero-order chi connectivity index (χ0) is 19.5. The van der Waals surface area contributed by atoms with Crippen molar-refractivity contribution in [3.05, 3.63) is 35.6 Å².